The van der Waals surface area contributed by atoms with Crippen LogP contribution in [0.15, 0.2) is 24.3 Å². The van der Waals surface area contributed by atoms with Crippen LogP contribution in [0.1, 0.15) is 45.6 Å². The Bertz CT molecular complexity index is 903. The number of nitrogens with two attached hydrogens (primary N) is 1. The van der Waals surface area contributed by atoms with Crippen LogP contribution >= 0.6 is 0 Å². The Morgan fingerprint density at radius 1 is 0.857 bits per heavy atom. The molecule has 4 unspecified atom stereocenters. The molecule has 1 aromatic rings. The van der Waals surface area contributed by atoms with Gasteiger partial charge in [-0.1, -0.05) is 26.0 Å². The number of aliphatic carboxylic acids is 2. The van der Waals surface area contributed by atoms with Crippen LogP contribution in [0, 0.1) is 5.92 Å². The van der Waals surface area contributed by atoms with Crippen molar-refractivity contribution in [2.75, 3.05) is 0 Å². The molecule has 0 aliphatic carbocycles. The average Bonchev–Trinajstić information content (AvgIpc) is 2.76. The average molecular weight is 495 g/mol. The van der Waals surface area contributed by atoms with Crippen molar-refractivity contribution in [1.29, 1.82) is 0 Å². The molecular formula is C23H34N4O8. The minimum absolute atomic E-state index is 0.0268. The number of carbonyl (C=O) groups is 5. The first-order chi connectivity index (χ1) is 16.3. The molecule has 194 valence electrons. The lowest BCUT2D eigenvalue weighted by Crippen LogP contribution is -2.57. The van der Waals surface area contributed by atoms with Gasteiger partial charge >= 0.3 is 11.9 Å². The van der Waals surface area contributed by atoms with Crippen molar-refractivity contribution in [1.82, 2.24) is 16.0 Å². The highest BCUT2D eigenvalue weighted by molar-refractivity contribution is 5.94. The van der Waals surface area contributed by atoms with E-state index in [9.17, 15) is 34.2 Å². The van der Waals surface area contributed by atoms with Crippen LogP contribution in [0.25, 0.3) is 0 Å². The highest BCUT2D eigenvalue weighted by atomic mass is 16.4. The van der Waals surface area contributed by atoms with Crippen LogP contribution in [-0.4, -0.2) is 69.1 Å². The highest BCUT2D eigenvalue weighted by Gasteiger charge is 2.29. The number of benzene rings is 1. The van der Waals surface area contributed by atoms with E-state index in [0.29, 0.717) is 12.0 Å². The molecule has 1 rings (SSSR count). The predicted octanol–water partition coefficient (Wildman–Crippen LogP) is -0.268. The summed E-state index contributed by atoms with van der Waals surface area (Å²) in [5.41, 5.74) is 6.55. The fourth-order valence-corrected chi connectivity index (χ4v) is 3.17. The largest absolute Gasteiger partial charge is 0.508 e. The SMILES string of the molecule is CC(C)CC(N)C(=O)NC(Cc1ccc(O)cc1)C(=O)NC(C)C(=O)NC(CCC(=O)O)C(=O)O. The predicted molar refractivity (Wildman–Crippen MR) is 125 cm³/mol. The van der Waals surface area contributed by atoms with E-state index in [1.54, 1.807) is 12.1 Å². The lowest BCUT2D eigenvalue weighted by Gasteiger charge is -2.24. The van der Waals surface area contributed by atoms with Gasteiger partial charge in [0.2, 0.25) is 17.7 Å². The second-order valence-corrected chi connectivity index (χ2v) is 8.73. The summed E-state index contributed by atoms with van der Waals surface area (Å²) in [5, 5.41) is 34.7. The summed E-state index contributed by atoms with van der Waals surface area (Å²) in [6.07, 6.45) is -0.359. The molecule has 12 nitrogen and oxygen atoms in total. The number of aromatic hydroxyl groups is 1. The number of carboxylic acids is 2. The molecule has 0 fully saturated rings. The number of nitrogens with one attached hydrogen (secondary N) is 3. The second-order valence-electron chi connectivity index (χ2n) is 8.73. The third-order valence-corrected chi connectivity index (χ3v) is 5.08. The van der Waals surface area contributed by atoms with Gasteiger partial charge in [0.05, 0.1) is 6.04 Å². The molecule has 8 N–H and O–H groups in total. The Balaban J connectivity index is 2.92. The van der Waals surface area contributed by atoms with E-state index in [4.69, 9.17) is 10.8 Å². The van der Waals surface area contributed by atoms with E-state index >= 15 is 0 Å². The van der Waals surface area contributed by atoms with Crippen molar-refractivity contribution >= 4 is 29.7 Å². The molecular weight excluding hydrogens is 460 g/mol. The molecule has 0 bridgehead atoms. The molecule has 0 aliphatic heterocycles. The van der Waals surface area contributed by atoms with Crippen molar-refractivity contribution in [3.63, 3.8) is 0 Å². The Morgan fingerprint density at radius 3 is 1.94 bits per heavy atom. The van der Waals surface area contributed by atoms with Gasteiger partial charge in [-0.3, -0.25) is 19.2 Å². The van der Waals surface area contributed by atoms with E-state index in [0.717, 1.165) is 0 Å². The Morgan fingerprint density at radius 2 is 1.43 bits per heavy atom. The monoisotopic (exact) mass is 494 g/mol. The number of rotatable bonds is 14. The lowest BCUT2D eigenvalue weighted by molar-refractivity contribution is -0.143. The Kier molecular flexibility index (Phi) is 11.7. The van der Waals surface area contributed by atoms with E-state index in [-0.39, 0.29) is 24.5 Å². The molecule has 0 spiro atoms. The van der Waals surface area contributed by atoms with E-state index in [1.165, 1.54) is 19.1 Å². The second kappa shape index (κ2) is 13.9. The summed E-state index contributed by atoms with van der Waals surface area (Å²) >= 11 is 0. The van der Waals surface area contributed by atoms with Crippen molar-refractivity contribution in [2.45, 2.75) is 70.6 Å². The van der Waals surface area contributed by atoms with Crippen molar-refractivity contribution in [2.24, 2.45) is 11.7 Å². The smallest absolute Gasteiger partial charge is 0.326 e. The van der Waals surface area contributed by atoms with Gasteiger partial charge < -0.3 is 37.0 Å². The Hall–Kier alpha value is -3.67. The van der Waals surface area contributed by atoms with Crippen molar-refractivity contribution in [3.05, 3.63) is 29.8 Å². The maximum atomic E-state index is 13.0. The molecule has 12 heteroatoms. The van der Waals surface area contributed by atoms with Gasteiger partial charge in [0.1, 0.15) is 23.9 Å². The number of carbonyl (C=O) groups excluding carboxylic acids is 3. The zero-order valence-electron chi connectivity index (χ0n) is 20.0. The maximum absolute atomic E-state index is 13.0. The molecule has 1 aromatic carbocycles. The molecule has 35 heavy (non-hydrogen) atoms. The van der Waals surface area contributed by atoms with Crippen molar-refractivity contribution in [3.8, 4) is 5.75 Å². The fourth-order valence-electron chi connectivity index (χ4n) is 3.17. The van der Waals surface area contributed by atoms with Gasteiger partial charge in [0, 0.05) is 12.8 Å². The van der Waals surface area contributed by atoms with Crippen LogP contribution in [0.4, 0.5) is 0 Å². The number of amides is 3. The molecule has 0 aliphatic rings. The zero-order valence-corrected chi connectivity index (χ0v) is 20.0. The third-order valence-electron chi connectivity index (χ3n) is 5.08. The normalized spacial score (nSPS) is 14.3. The van der Waals surface area contributed by atoms with Crippen LogP contribution in [0.2, 0.25) is 0 Å². The first kappa shape index (κ1) is 29.4. The van der Waals surface area contributed by atoms with Gasteiger partial charge in [-0.25, -0.2) is 4.79 Å². The van der Waals surface area contributed by atoms with Gasteiger partial charge in [-0.05, 0) is 43.4 Å². The van der Waals surface area contributed by atoms with Crippen molar-refractivity contribution < 1.29 is 39.3 Å². The molecule has 0 heterocycles. The summed E-state index contributed by atoms with van der Waals surface area (Å²) in [5.74, 6) is -4.53. The lowest BCUT2D eigenvalue weighted by atomic mass is 10.0. The van der Waals surface area contributed by atoms with Crippen LogP contribution < -0.4 is 21.7 Å². The summed E-state index contributed by atoms with van der Waals surface area (Å²) < 4.78 is 0. The Labute approximate surface area is 203 Å². The van der Waals surface area contributed by atoms with Crippen LogP contribution in [-0.2, 0) is 30.4 Å². The summed E-state index contributed by atoms with van der Waals surface area (Å²) in [4.78, 5) is 60.0. The zero-order chi connectivity index (χ0) is 26.7. The minimum Gasteiger partial charge on any atom is -0.508 e. The van der Waals surface area contributed by atoms with Gasteiger partial charge in [0.15, 0.2) is 0 Å². The third kappa shape index (κ3) is 10.9. The summed E-state index contributed by atoms with van der Waals surface area (Å²) in [6, 6.07) is 1.42. The van der Waals surface area contributed by atoms with Crippen LogP contribution in [0.5, 0.6) is 5.75 Å². The number of hydrogen-bond acceptors (Lipinski definition) is 7. The number of carboxylic acid groups (broad SMARTS) is 2. The molecule has 0 saturated heterocycles. The summed E-state index contributed by atoms with van der Waals surface area (Å²) in [6.45, 7) is 5.12. The fraction of sp³-hybridized carbons (Fsp3) is 0.522. The first-order valence-corrected chi connectivity index (χ1v) is 11.2. The molecule has 4 atom stereocenters. The maximum Gasteiger partial charge on any atom is 0.326 e. The number of phenolic OH excluding ortho intramolecular Hbond substituents is 1. The molecule has 0 saturated carbocycles. The van der Waals surface area contributed by atoms with Gasteiger partial charge in [-0.2, -0.15) is 0 Å². The van der Waals surface area contributed by atoms with E-state index in [1.807, 2.05) is 13.8 Å². The number of phenols is 1. The van der Waals surface area contributed by atoms with E-state index < -0.39 is 60.2 Å². The quantitative estimate of drug-likeness (QED) is 0.181. The minimum atomic E-state index is -1.44. The van der Waals surface area contributed by atoms with Gasteiger partial charge in [0.25, 0.3) is 0 Å². The summed E-state index contributed by atoms with van der Waals surface area (Å²) in [7, 11) is 0. The standard InChI is InChI=1S/C23H34N4O8/c1-12(2)10-16(24)21(32)27-18(11-14-4-6-15(28)7-5-14)22(33)25-13(3)20(31)26-17(23(34)35)8-9-19(29)30/h4-7,12-13,16-18,28H,8-11,24H2,1-3H3,(H,25,33)(H,26,31)(H,27,32)(H,29,30)(H,34,35). The van der Waals surface area contributed by atoms with E-state index in [2.05, 4.69) is 16.0 Å². The number of hydrogen-bond donors (Lipinski definition) is 7. The highest BCUT2D eigenvalue weighted by Crippen LogP contribution is 2.12. The molecule has 0 radical (unpaired) electrons. The first-order valence-electron chi connectivity index (χ1n) is 11.2. The molecule has 0 aromatic heterocycles. The molecule has 3 amide bonds. The van der Waals surface area contributed by atoms with Crippen LogP contribution in [0.3, 0.4) is 0 Å². The van der Waals surface area contributed by atoms with Gasteiger partial charge in [-0.15, -0.1) is 0 Å². The topological polar surface area (TPSA) is 208 Å².